The summed E-state index contributed by atoms with van der Waals surface area (Å²) < 4.78 is 0. The van der Waals surface area contributed by atoms with Gasteiger partial charge in [0.15, 0.2) is 0 Å². The fourth-order valence-electron chi connectivity index (χ4n) is 5.17. The van der Waals surface area contributed by atoms with Crippen molar-refractivity contribution in [2.45, 2.75) is 225 Å². The molecule has 0 amide bonds. The van der Waals surface area contributed by atoms with Crippen LogP contribution in [0.2, 0.25) is 0 Å². The van der Waals surface area contributed by atoms with E-state index in [1.54, 1.807) is 0 Å². The van der Waals surface area contributed by atoms with Gasteiger partial charge in [-0.15, -0.1) is 0 Å². The normalized spacial score (nSPS) is 10.7. The van der Waals surface area contributed by atoms with Gasteiger partial charge in [0.1, 0.15) is 18.3 Å². The third kappa shape index (κ3) is 78.6. The Balaban J connectivity index is -0.000000228. The maximum atomic E-state index is 10.3. The number of hydrogen-bond donors (Lipinski definition) is 11. The predicted molar refractivity (Wildman–Crippen MR) is 235 cm³/mol. The van der Waals surface area contributed by atoms with E-state index in [9.17, 15) is 9.59 Å². The zero-order chi connectivity index (χ0) is 44.8. The summed E-state index contributed by atoms with van der Waals surface area (Å²) in [6.45, 7) is 2.34. The van der Waals surface area contributed by atoms with E-state index in [0.717, 1.165) is 25.7 Å². The third-order valence-corrected chi connectivity index (χ3v) is 8.91. The minimum absolute atomic E-state index is 0.332. The number of allylic oxidation sites excluding steroid dienone is 2. The molecule has 13 heteroatoms. The molecule has 0 saturated heterocycles. The van der Waals surface area contributed by atoms with Gasteiger partial charge in [-0.2, -0.15) is 0 Å². The molecule has 0 aromatic rings. The van der Waals surface area contributed by atoms with Crippen molar-refractivity contribution in [3.63, 3.8) is 0 Å². The van der Waals surface area contributed by atoms with E-state index in [0.29, 0.717) is 12.8 Å². The van der Waals surface area contributed by atoms with Crippen LogP contribution in [0.25, 0.3) is 0 Å². The first-order valence-electron chi connectivity index (χ1n) is 22.7. The number of carboxylic acid groups (broad SMARTS) is 2. The molecule has 13 nitrogen and oxygen atoms in total. The van der Waals surface area contributed by atoms with E-state index in [2.05, 4.69) is 26.0 Å². The van der Waals surface area contributed by atoms with Crippen LogP contribution < -0.4 is 0 Å². The van der Waals surface area contributed by atoms with Gasteiger partial charge in [-0.05, 0) is 38.5 Å². The van der Waals surface area contributed by atoms with Crippen LogP contribution in [0.5, 0.6) is 0 Å². The molecule has 0 rings (SSSR count). The van der Waals surface area contributed by atoms with Crippen LogP contribution >= 0.6 is 0 Å². The zero-order valence-electron chi connectivity index (χ0n) is 37.1. The Hall–Kier alpha value is -1.68. The molecule has 0 aliphatic heterocycles. The minimum atomic E-state index is -0.954. The summed E-state index contributed by atoms with van der Waals surface area (Å²) in [6, 6.07) is 0. The number of unbranched alkanes of at least 4 members (excludes halogenated alkanes) is 25. The van der Waals surface area contributed by atoms with Crippen molar-refractivity contribution in [2.75, 3.05) is 39.6 Å². The quantitative estimate of drug-likeness (QED) is 0.0215. The summed E-state index contributed by atoms with van der Waals surface area (Å²) in [5, 5.41) is 89.1. The maximum absolute atomic E-state index is 10.3. The number of aliphatic carboxylic acids is 2. The number of aliphatic hydroxyl groups is 9. The minimum Gasteiger partial charge on any atom is -0.481 e. The summed E-state index contributed by atoms with van der Waals surface area (Å²) in [4.78, 5) is 20.7. The predicted octanol–water partition coefficient (Wildman–Crippen LogP) is 7.44. The first-order valence-corrected chi connectivity index (χ1v) is 22.7. The van der Waals surface area contributed by atoms with E-state index in [-0.39, 0.29) is 39.6 Å². The first-order chi connectivity index (χ1) is 28.0. The monoisotopic (exact) mass is 843 g/mol. The lowest BCUT2D eigenvalue weighted by molar-refractivity contribution is -0.138. The molecule has 58 heavy (non-hydrogen) atoms. The van der Waals surface area contributed by atoms with E-state index < -0.39 is 30.3 Å². The lowest BCUT2D eigenvalue weighted by Crippen LogP contribution is -2.15. The molecular formula is C45H94O13. The molecule has 11 N–H and O–H groups in total. The second-order valence-corrected chi connectivity index (χ2v) is 14.9. The molecule has 0 saturated carbocycles. The molecular weight excluding hydrogens is 748 g/mol. The Morgan fingerprint density at radius 1 is 0.345 bits per heavy atom. The van der Waals surface area contributed by atoms with Crippen LogP contribution in [-0.4, -0.2) is 126 Å². The Bertz CT molecular complexity index is 735. The van der Waals surface area contributed by atoms with Gasteiger partial charge in [-0.25, -0.2) is 0 Å². The van der Waals surface area contributed by atoms with Gasteiger partial charge in [0.2, 0.25) is 0 Å². The Labute approximate surface area is 353 Å². The van der Waals surface area contributed by atoms with Crippen molar-refractivity contribution in [1.82, 2.24) is 0 Å². The van der Waals surface area contributed by atoms with E-state index in [1.165, 1.54) is 154 Å². The second-order valence-electron chi connectivity index (χ2n) is 14.9. The van der Waals surface area contributed by atoms with Crippen molar-refractivity contribution in [3.8, 4) is 0 Å². The van der Waals surface area contributed by atoms with Crippen LogP contribution in [0.4, 0.5) is 0 Å². The number of carboxylic acids is 2. The van der Waals surface area contributed by atoms with Gasteiger partial charge >= 0.3 is 11.9 Å². The molecule has 0 spiro atoms. The standard InChI is InChI=1S/C18H36O2.C18H34O2.3C3H8O3/c2*1-2-3-4-5-6-7-8-9-10-11-12-13-14-15-16-17-18(19)20;3*4-1-3(6)2-5/h2-17H2,1H3,(H,19,20);9-10H,2-8,11-17H2,1H3,(H,19,20);3*3-6H,1-2H2. The third-order valence-electron chi connectivity index (χ3n) is 8.91. The van der Waals surface area contributed by atoms with Gasteiger partial charge in [-0.3, -0.25) is 9.59 Å². The highest BCUT2D eigenvalue weighted by atomic mass is 16.4. The average molecular weight is 843 g/mol. The molecule has 352 valence electrons. The largest absolute Gasteiger partial charge is 0.481 e. The Morgan fingerprint density at radius 3 is 0.707 bits per heavy atom. The number of aliphatic hydroxyl groups excluding tert-OH is 9. The van der Waals surface area contributed by atoms with Crippen molar-refractivity contribution < 1.29 is 65.8 Å². The van der Waals surface area contributed by atoms with E-state index in [4.69, 9.17) is 56.2 Å². The van der Waals surface area contributed by atoms with E-state index >= 15 is 0 Å². The molecule has 0 aromatic heterocycles. The summed E-state index contributed by atoms with van der Waals surface area (Å²) >= 11 is 0. The van der Waals surface area contributed by atoms with Crippen LogP contribution in [0.15, 0.2) is 12.2 Å². The summed E-state index contributed by atoms with van der Waals surface area (Å²) in [5.41, 5.74) is 0. The molecule has 0 aliphatic carbocycles. The molecule has 0 heterocycles. The van der Waals surface area contributed by atoms with E-state index in [1.807, 2.05) is 0 Å². The van der Waals surface area contributed by atoms with Crippen molar-refractivity contribution in [1.29, 1.82) is 0 Å². The zero-order valence-corrected chi connectivity index (χ0v) is 37.1. The van der Waals surface area contributed by atoms with Gasteiger partial charge in [0, 0.05) is 12.8 Å². The maximum Gasteiger partial charge on any atom is 0.303 e. The Kier molecular flexibility index (Phi) is 69.9. The second kappa shape index (κ2) is 62.0. The highest BCUT2D eigenvalue weighted by molar-refractivity contribution is 5.66. The van der Waals surface area contributed by atoms with Crippen molar-refractivity contribution >= 4 is 11.9 Å². The molecule has 0 unspecified atom stereocenters. The SMILES string of the molecule is CCCCCCCCC=CCCCCCCCC(=O)O.CCCCCCCCCCCCCCCCCC(=O)O.OCC(O)CO.OCC(O)CO.OCC(O)CO. The summed E-state index contributed by atoms with van der Waals surface area (Å²) in [7, 11) is 0. The van der Waals surface area contributed by atoms with Crippen LogP contribution in [0, 0.1) is 0 Å². The highest BCUT2D eigenvalue weighted by Gasteiger charge is 1.99. The number of hydrogen-bond acceptors (Lipinski definition) is 11. The van der Waals surface area contributed by atoms with Crippen molar-refractivity contribution in [2.24, 2.45) is 0 Å². The van der Waals surface area contributed by atoms with Crippen LogP contribution in [0.1, 0.15) is 206 Å². The fraction of sp³-hybridized carbons (Fsp3) is 0.911. The highest BCUT2D eigenvalue weighted by Crippen LogP contribution is 2.14. The van der Waals surface area contributed by atoms with Crippen molar-refractivity contribution in [3.05, 3.63) is 12.2 Å². The molecule has 0 bridgehead atoms. The fourth-order valence-corrected chi connectivity index (χ4v) is 5.17. The van der Waals surface area contributed by atoms with Crippen LogP contribution in [-0.2, 0) is 9.59 Å². The van der Waals surface area contributed by atoms with Gasteiger partial charge in [0.25, 0.3) is 0 Å². The molecule has 0 atom stereocenters. The lowest BCUT2D eigenvalue weighted by Gasteiger charge is -2.03. The van der Waals surface area contributed by atoms with Gasteiger partial charge in [0.05, 0.1) is 39.6 Å². The number of rotatable bonds is 37. The topological polar surface area (TPSA) is 257 Å². The molecule has 0 aromatic carbocycles. The molecule has 0 aliphatic rings. The molecule has 0 radical (unpaired) electrons. The summed E-state index contributed by atoms with van der Waals surface area (Å²) in [5.74, 6) is -1.32. The summed E-state index contributed by atoms with van der Waals surface area (Å²) in [6.07, 6.45) is 38.6. The van der Waals surface area contributed by atoms with Gasteiger partial charge < -0.3 is 56.2 Å². The Morgan fingerprint density at radius 2 is 0.534 bits per heavy atom. The average Bonchev–Trinajstić information content (AvgIpc) is 3.23. The number of carbonyl (C=O) groups is 2. The van der Waals surface area contributed by atoms with Gasteiger partial charge in [-0.1, -0.05) is 167 Å². The molecule has 0 fully saturated rings. The first kappa shape index (κ1) is 65.4. The smallest absolute Gasteiger partial charge is 0.303 e. The lowest BCUT2D eigenvalue weighted by atomic mass is 10.0. The van der Waals surface area contributed by atoms with Crippen LogP contribution in [0.3, 0.4) is 0 Å².